The smallest absolute Gasteiger partial charge is 0.224 e. The van der Waals surface area contributed by atoms with E-state index >= 15 is 0 Å². The highest BCUT2D eigenvalue weighted by molar-refractivity contribution is 9.11. The molecule has 20 heavy (non-hydrogen) atoms. The van der Waals surface area contributed by atoms with E-state index in [4.69, 9.17) is 0 Å². The average Bonchev–Trinajstić information content (AvgIpc) is 2.85. The molecular formula is C15H17BrN2OS. The molecule has 0 fully saturated rings. The Labute approximate surface area is 131 Å². The fourth-order valence-electron chi connectivity index (χ4n) is 1.83. The van der Waals surface area contributed by atoms with Crippen LogP contribution in [0.15, 0.2) is 34.1 Å². The Morgan fingerprint density at radius 2 is 2.00 bits per heavy atom. The summed E-state index contributed by atoms with van der Waals surface area (Å²) in [4.78, 5) is 12.8. The number of halogens is 1. The molecule has 0 aliphatic heterocycles. The average molecular weight is 353 g/mol. The number of thiophene rings is 1. The van der Waals surface area contributed by atoms with E-state index in [1.807, 2.05) is 38.1 Å². The molecule has 0 atom stereocenters. The molecule has 1 aromatic carbocycles. The SMILES string of the molecule is CCC(=O)Nc1cccc(NCc2ccc(Br)s2)c1C. The molecule has 0 aliphatic rings. The van der Waals surface area contributed by atoms with E-state index in [0.717, 1.165) is 27.3 Å². The lowest BCUT2D eigenvalue weighted by atomic mass is 10.1. The van der Waals surface area contributed by atoms with Gasteiger partial charge in [0.1, 0.15) is 0 Å². The predicted octanol–water partition coefficient (Wildman–Crippen LogP) is 4.78. The Morgan fingerprint density at radius 3 is 2.65 bits per heavy atom. The summed E-state index contributed by atoms with van der Waals surface area (Å²) in [6.45, 7) is 4.64. The van der Waals surface area contributed by atoms with E-state index in [1.54, 1.807) is 11.3 Å². The number of rotatable bonds is 5. The maximum atomic E-state index is 11.5. The van der Waals surface area contributed by atoms with Gasteiger partial charge in [0.05, 0.1) is 3.79 Å². The van der Waals surface area contributed by atoms with Gasteiger partial charge in [0, 0.05) is 29.2 Å². The van der Waals surface area contributed by atoms with Crippen LogP contribution < -0.4 is 10.6 Å². The molecule has 0 spiro atoms. The lowest BCUT2D eigenvalue weighted by Gasteiger charge is -2.13. The second-order valence-electron chi connectivity index (χ2n) is 4.44. The van der Waals surface area contributed by atoms with Gasteiger partial charge in [0.15, 0.2) is 0 Å². The summed E-state index contributed by atoms with van der Waals surface area (Å²) in [5.74, 6) is 0.0347. The van der Waals surface area contributed by atoms with Crippen molar-refractivity contribution < 1.29 is 4.79 Å². The van der Waals surface area contributed by atoms with Crippen LogP contribution in [0.4, 0.5) is 11.4 Å². The quantitative estimate of drug-likeness (QED) is 0.812. The summed E-state index contributed by atoms with van der Waals surface area (Å²) in [5, 5.41) is 6.33. The molecule has 1 heterocycles. The monoisotopic (exact) mass is 352 g/mol. The van der Waals surface area contributed by atoms with Gasteiger partial charge in [0.25, 0.3) is 0 Å². The van der Waals surface area contributed by atoms with Crippen LogP contribution in [0, 0.1) is 6.92 Å². The van der Waals surface area contributed by atoms with E-state index in [9.17, 15) is 4.79 Å². The van der Waals surface area contributed by atoms with Gasteiger partial charge in [-0.1, -0.05) is 13.0 Å². The first-order valence-electron chi connectivity index (χ1n) is 6.47. The van der Waals surface area contributed by atoms with Crippen molar-refractivity contribution >= 4 is 44.5 Å². The summed E-state index contributed by atoms with van der Waals surface area (Å²) < 4.78 is 1.13. The largest absolute Gasteiger partial charge is 0.380 e. The first kappa shape index (κ1) is 15.1. The van der Waals surface area contributed by atoms with Crippen LogP contribution in [0.5, 0.6) is 0 Å². The number of anilines is 2. The van der Waals surface area contributed by atoms with Crippen LogP contribution in [0.25, 0.3) is 0 Å². The van der Waals surface area contributed by atoms with Crippen LogP contribution in [0.3, 0.4) is 0 Å². The number of hydrogen-bond acceptors (Lipinski definition) is 3. The van der Waals surface area contributed by atoms with Crippen molar-refractivity contribution in [1.82, 2.24) is 0 Å². The zero-order valence-electron chi connectivity index (χ0n) is 11.5. The Bertz CT molecular complexity index is 610. The molecule has 0 unspecified atom stereocenters. The standard InChI is InChI=1S/C15H17BrN2OS/c1-3-15(19)18-13-6-4-5-12(10(13)2)17-9-11-7-8-14(16)20-11/h4-8,17H,3,9H2,1-2H3,(H,18,19). The van der Waals surface area contributed by atoms with Gasteiger partial charge in [0.2, 0.25) is 5.91 Å². The number of amides is 1. The zero-order chi connectivity index (χ0) is 14.5. The van der Waals surface area contributed by atoms with Gasteiger partial charge in [-0.25, -0.2) is 0 Å². The lowest BCUT2D eigenvalue weighted by molar-refractivity contribution is -0.115. The van der Waals surface area contributed by atoms with E-state index in [2.05, 4.69) is 32.6 Å². The van der Waals surface area contributed by atoms with E-state index in [0.29, 0.717) is 6.42 Å². The van der Waals surface area contributed by atoms with Crippen molar-refractivity contribution in [2.24, 2.45) is 0 Å². The molecule has 3 nitrogen and oxygen atoms in total. The Hall–Kier alpha value is -1.33. The highest BCUT2D eigenvalue weighted by Gasteiger charge is 2.06. The number of carbonyl (C=O) groups excluding carboxylic acids is 1. The zero-order valence-corrected chi connectivity index (χ0v) is 13.9. The van der Waals surface area contributed by atoms with E-state index in [-0.39, 0.29) is 5.91 Å². The van der Waals surface area contributed by atoms with Crippen molar-refractivity contribution in [2.75, 3.05) is 10.6 Å². The number of carbonyl (C=O) groups is 1. The molecule has 0 saturated carbocycles. The third-order valence-corrected chi connectivity index (χ3v) is 4.63. The first-order valence-corrected chi connectivity index (χ1v) is 8.08. The van der Waals surface area contributed by atoms with Crippen molar-refractivity contribution in [3.8, 4) is 0 Å². The molecule has 2 rings (SSSR count). The molecule has 1 aromatic heterocycles. The van der Waals surface area contributed by atoms with Gasteiger partial charge >= 0.3 is 0 Å². The minimum Gasteiger partial charge on any atom is -0.380 e. The van der Waals surface area contributed by atoms with Gasteiger partial charge in [-0.15, -0.1) is 11.3 Å². The molecule has 0 radical (unpaired) electrons. The van der Waals surface area contributed by atoms with Crippen LogP contribution in [0.1, 0.15) is 23.8 Å². The summed E-state index contributed by atoms with van der Waals surface area (Å²) in [5.41, 5.74) is 2.97. The topological polar surface area (TPSA) is 41.1 Å². The maximum absolute atomic E-state index is 11.5. The van der Waals surface area contributed by atoms with Gasteiger partial charge in [-0.3, -0.25) is 4.79 Å². The normalized spacial score (nSPS) is 10.3. The number of nitrogens with one attached hydrogen (secondary N) is 2. The van der Waals surface area contributed by atoms with Gasteiger partial charge in [-0.05, 0) is 52.7 Å². The molecule has 106 valence electrons. The number of benzene rings is 1. The first-order chi connectivity index (χ1) is 9.60. The Morgan fingerprint density at radius 1 is 1.25 bits per heavy atom. The second-order valence-corrected chi connectivity index (χ2v) is 6.99. The molecule has 2 N–H and O–H groups in total. The minimum atomic E-state index is 0.0347. The molecule has 0 aliphatic carbocycles. The van der Waals surface area contributed by atoms with Gasteiger partial charge < -0.3 is 10.6 Å². The van der Waals surface area contributed by atoms with Crippen LogP contribution in [0.2, 0.25) is 0 Å². The molecule has 0 saturated heterocycles. The molecule has 1 amide bonds. The molecular weight excluding hydrogens is 336 g/mol. The third kappa shape index (κ3) is 3.84. The fourth-order valence-corrected chi connectivity index (χ4v) is 3.25. The van der Waals surface area contributed by atoms with Crippen LogP contribution in [-0.2, 0) is 11.3 Å². The number of hydrogen-bond donors (Lipinski definition) is 2. The van der Waals surface area contributed by atoms with E-state index < -0.39 is 0 Å². The van der Waals surface area contributed by atoms with Crippen molar-refractivity contribution in [3.05, 3.63) is 44.6 Å². The van der Waals surface area contributed by atoms with Crippen molar-refractivity contribution in [3.63, 3.8) is 0 Å². The Kier molecular flexibility index (Phi) is 5.20. The second kappa shape index (κ2) is 6.90. The van der Waals surface area contributed by atoms with Crippen molar-refractivity contribution in [1.29, 1.82) is 0 Å². The highest BCUT2D eigenvalue weighted by Crippen LogP contribution is 2.26. The molecule has 5 heteroatoms. The van der Waals surface area contributed by atoms with E-state index in [1.165, 1.54) is 4.88 Å². The summed E-state index contributed by atoms with van der Waals surface area (Å²) in [6.07, 6.45) is 0.486. The Balaban J connectivity index is 2.08. The molecule has 2 aromatic rings. The third-order valence-electron chi connectivity index (χ3n) is 3.01. The van der Waals surface area contributed by atoms with Crippen LogP contribution >= 0.6 is 27.3 Å². The summed E-state index contributed by atoms with van der Waals surface area (Å²) in [6, 6.07) is 10.0. The summed E-state index contributed by atoms with van der Waals surface area (Å²) in [7, 11) is 0. The maximum Gasteiger partial charge on any atom is 0.224 e. The lowest BCUT2D eigenvalue weighted by Crippen LogP contribution is -2.11. The van der Waals surface area contributed by atoms with Crippen molar-refractivity contribution in [2.45, 2.75) is 26.8 Å². The predicted molar refractivity (Wildman–Crippen MR) is 89.4 cm³/mol. The molecule has 0 bridgehead atoms. The fraction of sp³-hybridized carbons (Fsp3) is 0.267. The summed E-state index contributed by atoms with van der Waals surface area (Å²) >= 11 is 5.18. The minimum absolute atomic E-state index is 0.0347. The van der Waals surface area contributed by atoms with Gasteiger partial charge in [-0.2, -0.15) is 0 Å². The highest BCUT2D eigenvalue weighted by atomic mass is 79.9. The van der Waals surface area contributed by atoms with Crippen LogP contribution in [-0.4, -0.2) is 5.91 Å².